The zero-order chi connectivity index (χ0) is 14.8. The van der Waals surface area contributed by atoms with E-state index in [1.165, 1.54) is 0 Å². The standard InChI is InChI=1S/C14H24N2O4/c1-10-9-16(7-4-8-20-10)13(19)15-11-5-3-6-14(11,2)12(17)18/h10-11H,3-9H2,1-2H3,(H,15,19)(H,17,18). The number of urea groups is 1. The lowest BCUT2D eigenvalue weighted by Crippen LogP contribution is -2.52. The third kappa shape index (κ3) is 3.06. The molecule has 2 amide bonds. The van der Waals surface area contributed by atoms with Crippen LogP contribution in [0, 0.1) is 5.41 Å². The Bertz CT molecular complexity index is 387. The second-order valence-electron chi connectivity index (χ2n) is 6.10. The Hall–Kier alpha value is -1.30. The minimum atomic E-state index is -0.844. The first-order valence-corrected chi connectivity index (χ1v) is 7.34. The molecule has 0 spiro atoms. The average Bonchev–Trinajstić information content (AvgIpc) is 2.62. The van der Waals surface area contributed by atoms with Gasteiger partial charge in [0.05, 0.1) is 11.5 Å². The van der Waals surface area contributed by atoms with Gasteiger partial charge in [-0.3, -0.25) is 4.79 Å². The molecular weight excluding hydrogens is 260 g/mol. The number of amides is 2. The summed E-state index contributed by atoms with van der Waals surface area (Å²) in [5, 5.41) is 12.3. The summed E-state index contributed by atoms with van der Waals surface area (Å²) in [6.07, 6.45) is 3.03. The molecule has 6 nitrogen and oxygen atoms in total. The topological polar surface area (TPSA) is 78.9 Å². The number of nitrogens with one attached hydrogen (secondary N) is 1. The highest BCUT2D eigenvalue weighted by Crippen LogP contribution is 2.38. The molecule has 6 heteroatoms. The summed E-state index contributed by atoms with van der Waals surface area (Å²) < 4.78 is 5.52. The number of ether oxygens (including phenoxy) is 1. The number of carboxylic acids is 1. The summed E-state index contributed by atoms with van der Waals surface area (Å²) >= 11 is 0. The van der Waals surface area contributed by atoms with Gasteiger partial charge in [-0.1, -0.05) is 6.42 Å². The van der Waals surface area contributed by atoms with Crippen molar-refractivity contribution in [3.05, 3.63) is 0 Å². The number of rotatable bonds is 2. The van der Waals surface area contributed by atoms with Gasteiger partial charge < -0.3 is 20.1 Å². The van der Waals surface area contributed by atoms with Crippen LogP contribution in [0.4, 0.5) is 4.79 Å². The van der Waals surface area contributed by atoms with Crippen LogP contribution in [0.2, 0.25) is 0 Å². The van der Waals surface area contributed by atoms with Gasteiger partial charge in [-0.05, 0) is 33.1 Å². The molecule has 3 unspecified atom stereocenters. The van der Waals surface area contributed by atoms with Gasteiger partial charge in [0, 0.05) is 25.7 Å². The van der Waals surface area contributed by atoms with Crippen molar-refractivity contribution in [1.29, 1.82) is 0 Å². The van der Waals surface area contributed by atoms with Crippen molar-refractivity contribution in [2.75, 3.05) is 19.7 Å². The molecule has 2 rings (SSSR count). The van der Waals surface area contributed by atoms with Crippen molar-refractivity contribution in [1.82, 2.24) is 10.2 Å². The molecule has 1 aliphatic carbocycles. The van der Waals surface area contributed by atoms with E-state index in [1.807, 2.05) is 6.92 Å². The van der Waals surface area contributed by atoms with E-state index in [0.29, 0.717) is 26.1 Å². The fourth-order valence-electron chi connectivity index (χ4n) is 3.07. The van der Waals surface area contributed by atoms with Gasteiger partial charge in [-0.2, -0.15) is 0 Å². The zero-order valence-electron chi connectivity index (χ0n) is 12.2. The summed E-state index contributed by atoms with van der Waals surface area (Å²) in [6, 6.07) is -0.450. The van der Waals surface area contributed by atoms with Gasteiger partial charge in [-0.25, -0.2) is 4.79 Å². The van der Waals surface area contributed by atoms with Crippen molar-refractivity contribution in [3.63, 3.8) is 0 Å². The maximum Gasteiger partial charge on any atom is 0.317 e. The first-order chi connectivity index (χ1) is 9.43. The lowest BCUT2D eigenvalue weighted by molar-refractivity contribution is -0.148. The van der Waals surface area contributed by atoms with E-state index >= 15 is 0 Å². The van der Waals surface area contributed by atoms with E-state index in [0.717, 1.165) is 19.3 Å². The Morgan fingerprint density at radius 3 is 2.85 bits per heavy atom. The molecule has 114 valence electrons. The van der Waals surface area contributed by atoms with Crippen molar-refractivity contribution in [2.45, 2.75) is 51.7 Å². The molecule has 0 radical (unpaired) electrons. The summed E-state index contributed by atoms with van der Waals surface area (Å²) in [6.45, 7) is 5.56. The Balaban J connectivity index is 1.98. The Morgan fingerprint density at radius 2 is 2.15 bits per heavy atom. The molecule has 0 aromatic rings. The first-order valence-electron chi connectivity index (χ1n) is 7.34. The second kappa shape index (κ2) is 5.99. The number of carboxylic acid groups (broad SMARTS) is 1. The van der Waals surface area contributed by atoms with Gasteiger partial charge in [0.1, 0.15) is 0 Å². The molecule has 1 aliphatic heterocycles. The maximum absolute atomic E-state index is 12.3. The number of aliphatic carboxylic acids is 1. The smallest absolute Gasteiger partial charge is 0.317 e. The predicted octanol–water partition coefficient (Wildman–Crippen LogP) is 1.45. The van der Waals surface area contributed by atoms with E-state index in [4.69, 9.17) is 4.74 Å². The van der Waals surface area contributed by atoms with Crippen LogP contribution in [-0.2, 0) is 9.53 Å². The second-order valence-corrected chi connectivity index (χ2v) is 6.10. The molecule has 2 fully saturated rings. The SMILES string of the molecule is CC1CN(C(=O)NC2CCCC2(C)C(=O)O)CCCO1. The third-order valence-electron chi connectivity index (χ3n) is 4.48. The molecule has 0 aromatic heterocycles. The molecule has 1 saturated carbocycles. The summed E-state index contributed by atoms with van der Waals surface area (Å²) in [7, 11) is 0. The van der Waals surface area contributed by atoms with Gasteiger partial charge in [0.2, 0.25) is 0 Å². The maximum atomic E-state index is 12.3. The Kier molecular flexibility index (Phi) is 4.52. The van der Waals surface area contributed by atoms with Gasteiger partial charge in [0.15, 0.2) is 0 Å². The molecule has 20 heavy (non-hydrogen) atoms. The molecule has 0 aromatic carbocycles. The van der Waals surface area contributed by atoms with E-state index in [-0.39, 0.29) is 18.2 Å². The normalized spacial score (nSPS) is 34.6. The largest absolute Gasteiger partial charge is 0.481 e. The highest BCUT2D eigenvalue weighted by molar-refractivity contribution is 5.79. The summed E-state index contributed by atoms with van der Waals surface area (Å²) in [5.41, 5.74) is -0.844. The number of hydrogen-bond donors (Lipinski definition) is 2. The van der Waals surface area contributed by atoms with Crippen molar-refractivity contribution < 1.29 is 19.4 Å². The molecular formula is C14H24N2O4. The fraction of sp³-hybridized carbons (Fsp3) is 0.857. The summed E-state index contributed by atoms with van der Waals surface area (Å²) in [5.74, 6) is -0.826. The minimum Gasteiger partial charge on any atom is -0.481 e. The van der Waals surface area contributed by atoms with Crippen LogP contribution in [0.15, 0.2) is 0 Å². The molecule has 3 atom stereocenters. The van der Waals surface area contributed by atoms with Crippen molar-refractivity contribution >= 4 is 12.0 Å². The lowest BCUT2D eigenvalue weighted by Gasteiger charge is -2.31. The highest BCUT2D eigenvalue weighted by Gasteiger charge is 2.46. The van der Waals surface area contributed by atoms with Crippen molar-refractivity contribution in [2.24, 2.45) is 5.41 Å². The lowest BCUT2D eigenvalue weighted by atomic mass is 9.85. The molecule has 2 aliphatic rings. The van der Waals surface area contributed by atoms with Crippen LogP contribution in [0.1, 0.15) is 39.5 Å². The van der Waals surface area contributed by atoms with Crippen LogP contribution < -0.4 is 5.32 Å². The van der Waals surface area contributed by atoms with E-state index in [1.54, 1.807) is 11.8 Å². The quantitative estimate of drug-likeness (QED) is 0.804. The number of carbonyl (C=O) groups excluding carboxylic acids is 1. The van der Waals surface area contributed by atoms with E-state index in [9.17, 15) is 14.7 Å². The Morgan fingerprint density at radius 1 is 1.40 bits per heavy atom. The van der Waals surface area contributed by atoms with Gasteiger partial charge in [-0.15, -0.1) is 0 Å². The number of hydrogen-bond acceptors (Lipinski definition) is 3. The number of nitrogens with zero attached hydrogens (tertiary/aromatic N) is 1. The van der Waals surface area contributed by atoms with Crippen LogP contribution in [0.25, 0.3) is 0 Å². The predicted molar refractivity (Wildman–Crippen MR) is 73.5 cm³/mol. The van der Waals surface area contributed by atoms with Crippen LogP contribution in [0.5, 0.6) is 0 Å². The molecule has 1 saturated heterocycles. The van der Waals surface area contributed by atoms with E-state index in [2.05, 4.69) is 5.32 Å². The van der Waals surface area contributed by atoms with Crippen LogP contribution in [0.3, 0.4) is 0 Å². The molecule has 2 N–H and O–H groups in total. The van der Waals surface area contributed by atoms with Crippen molar-refractivity contribution in [3.8, 4) is 0 Å². The third-order valence-corrected chi connectivity index (χ3v) is 4.48. The first kappa shape index (κ1) is 15.1. The van der Waals surface area contributed by atoms with Gasteiger partial charge >= 0.3 is 12.0 Å². The zero-order valence-corrected chi connectivity index (χ0v) is 12.2. The molecule has 0 bridgehead atoms. The van der Waals surface area contributed by atoms with Crippen LogP contribution in [-0.4, -0.2) is 53.8 Å². The highest BCUT2D eigenvalue weighted by atomic mass is 16.5. The van der Waals surface area contributed by atoms with Crippen LogP contribution >= 0.6 is 0 Å². The molecule has 1 heterocycles. The van der Waals surface area contributed by atoms with Gasteiger partial charge in [0.25, 0.3) is 0 Å². The van der Waals surface area contributed by atoms with E-state index < -0.39 is 11.4 Å². The fourth-order valence-corrected chi connectivity index (χ4v) is 3.07. The Labute approximate surface area is 119 Å². The summed E-state index contributed by atoms with van der Waals surface area (Å²) in [4.78, 5) is 25.5. The minimum absolute atomic E-state index is 0.0256. The number of carbonyl (C=O) groups is 2. The monoisotopic (exact) mass is 284 g/mol. The average molecular weight is 284 g/mol.